The summed E-state index contributed by atoms with van der Waals surface area (Å²) in [5.41, 5.74) is 2.01. The van der Waals surface area contributed by atoms with E-state index in [0.717, 1.165) is 25.2 Å². The maximum atomic E-state index is 13.0. The highest BCUT2D eigenvalue weighted by molar-refractivity contribution is 5.94. The van der Waals surface area contributed by atoms with Gasteiger partial charge >= 0.3 is 0 Å². The summed E-state index contributed by atoms with van der Waals surface area (Å²) in [6.45, 7) is 8.36. The summed E-state index contributed by atoms with van der Waals surface area (Å²) in [6, 6.07) is 11.7. The van der Waals surface area contributed by atoms with Gasteiger partial charge in [-0.2, -0.15) is 0 Å². The molecule has 0 aliphatic carbocycles. The van der Waals surface area contributed by atoms with Crippen LogP contribution < -0.4 is 0 Å². The third-order valence-electron chi connectivity index (χ3n) is 4.66. The summed E-state index contributed by atoms with van der Waals surface area (Å²) in [5, 5.41) is 0. The number of furan rings is 1. The van der Waals surface area contributed by atoms with Gasteiger partial charge in [0.1, 0.15) is 5.76 Å². The zero-order chi connectivity index (χ0) is 17.9. The first kappa shape index (κ1) is 17.7. The van der Waals surface area contributed by atoms with Crippen molar-refractivity contribution in [1.82, 2.24) is 4.90 Å². The van der Waals surface area contributed by atoms with Crippen LogP contribution in [0.2, 0.25) is 0 Å². The largest absolute Gasteiger partial charge is 0.467 e. The molecule has 1 atom stereocenters. The molecule has 0 N–H and O–H groups in total. The predicted octanol–water partition coefficient (Wildman–Crippen LogP) is 4.40. The van der Waals surface area contributed by atoms with Crippen molar-refractivity contribution in [3.8, 4) is 0 Å². The van der Waals surface area contributed by atoms with Crippen molar-refractivity contribution in [1.29, 1.82) is 0 Å². The van der Waals surface area contributed by atoms with Crippen molar-refractivity contribution in [3.63, 3.8) is 0 Å². The fourth-order valence-electron chi connectivity index (χ4n) is 3.14. The minimum absolute atomic E-state index is 0.0207. The lowest BCUT2D eigenvalue weighted by atomic mass is 9.86. The van der Waals surface area contributed by atoms with Crippen molar-refractivity contribution < 1.29 is 13.9 Å². The number of benzene rings is 1. The summed E-state index contributed by atoms with van der Waals surface area (Å²) in [7, 11) is 0. The van der Waals surface area contributed by atoms with Crippen LogP contribution in [-0.2, 0) is 16.7 Å². The molecule has 2 aromatic rings. The van der Waals surface area contributed by atoms with Crippen LogP contribution in [-0.4, -0.2) is 30.1 Å². The van der Waals surface area contributed by atoms with Gasteiger partial charge in [-0.3, -0.25) is 4.79 Å². The molecule has 1 fully saturated rings. The first-order chi connectivity index (χ1) is 11.9. The topological polar surface area (TPSA) is 42.7 Å². The molecule has 4 heteroatoms. The SMILES string of the molecule is CC(C)(C)c1ccc(C(=O)N(Cc2ccco2)C[C@H]2CCCO2)cc1. The molecule has 1 aromatic heterocycles. The van der Waals surface area contributed by atoms with Crippen LogP contribution in [0.1, 0.15) is 55.3 Å². The van der Waals surface area contributed by atoms with Gasteiger partial charge in [0.05, 0.1) is 18.9 Å². The van der Waals surface area contributed by atoms with E-state index >= 15 is 0 Å². The molecule has 134 valence electrons. The Morgan fingerprint density at radius 1 is 1.20 bits per heavy atom. The molecule has 2 heterocycles. The van der Waals surface area contributed by atoms with E-state index in [2.05, 4.69) is 20.8 Å². The van der Waals surface area contributed by atoms with Gasteiger partial charge in [0.2, 0.25) is 0 Å². The number of carbonyl (C=O) groups is 1. The summed E-state index contributed by atoms with van der Waals surface area (Å²) in [6.07, 6.45) is 3.83. The highest BCUT2D eigenvalue weighted by Crippen LogP contribution is 2.23. The van der Waals surface area contributed by atoms with Crippen LogP contribution in [0.5, 0.6) is 0 Å². The summed E-state index contributed by atoms with van der Waals surface area (Å²) >= 11 is 0. The molecule has 1 aliphatic heterocycles. The van der Waals surface area contributed by atoms with Gasteiger partial charge < -0.3 is 14.1 Å². The predicted molar refractivity (Wildman–Crippen MR) is 97.6 cm³/mol. The molecule has 0 spiro atoms. The quantitative estimate of drug-likeness (QED) is 0.809. The summed E-state index contributed by atoms with van der Waals surface area (Å²) in [4.78, 5) is 14.9. The lowest BCUT2D eigenvalue weighted by molar-refractivity contribution is 0.0491. The van der Waals surface area contributed by atoms with Crippen molar-refractivity contribution in [2.45, 2.75) is 51.7 Å². The minimum atomic E-state index is 0.0207. The van der Waals surface area contributed by atoms with Gasteiger partial charge in [-0.25, -0.2) is 0 Å². The molecule has 3 rings (SSSR count). The normalized spacial score (nSPS) is 17.6. The van der Waals surface area contributed by atoms with E-state index < -0.39 is 0 Å². The fourth-order valence-corrected chi connectivity index (χ4v) is 3.14. The van der Waals surface area contributed by atoms with Crippen molar-refractivity contribution >= 4 is 5.91 Å². The zero-order valence-electron chi connectivity index (χ0n) is 15.3. The number of amides is 1. The Kier molecular flexibility index (Phi) is 5.28. The van der Waals surface area contributed by atoms with E-state index in [4.69, 9.17) is 9.15 Å². The zero-order valence-corrected chi connectivity index (χ0v) is 15.3. The molecule has 4 nitrogen and oxygen atoms in total. The molecule has 1 aromatic carbocycles. The van der Waals surface area contributed by atoms with E-state index in [1.165, 1.54) is 5.56 Å². The first-order valence-electron chi connectivity index (χ1n) is 8.97. The molecule has 0 bridgehead atoms. The number of nitrogens with zero attached hydrogens (tertiary/aromatic N) is 1. The maximum Gasteiger partial charge on any atom is 0.254 e. The molecule has 0 unspecified atom stereocenters. The third kappa shape index (κ3) is 4.51. The molecule has 0 saturated carbocycles. The van der Waals surface area contributed by atoms with Gasteiger partial charge in [0.25, 0.3) is 5.91 Å². The second-order valence-corrected chi connectivity index (χ2v) is 7.73. The molecular formula is C21H27NO3. The molecule has 1 saturated heterocycles. The number of carbonyl (C=O) groups excluding carboxylic acids is 1. The lowest BCUT2D eigenvalue weighted by Crippen LogP contribution is -2.36. The Balaban J connectivity index is 1.77. The number of ether oxygens (including phenoxy) is 1. The van der Waals surface area contributed by atoms with Crippen LogP contribution in [0.15, 0.2) is 47.1 Å². The van der Waals surface area contributed by atoms with Crippen molar-refractivity contribution in [2.75, 3.05) is 13.2 Å². The minimum Gasteiger partial charge on any atom is -0.467 e. The van der Waals surface area contributed by atoms with Gasteiger partial charge in [-0.05, 0) is 48.1 Å². The molecule has 0 radical (unpaired) electrons. The van der Waals surface area contributed by atoms with E-state index in [1.54, 1.807) is 6.26 Å². The highest BCUT2D eigenvalue weighted by Gasteiger charge is 2.24. The van der Waals surface area contributed by atoms with Crippen LogP contribution in [0, 0.1) is 0 Å². The Morgan fingerprint density at radius 2 is 1.96 bits per heavy atom. The van der Waals surface area contributed by atoms with Crippen molar-refractivity contribution in [2.24, 2.45) is 0 Å². The standard InChI is InChI=1S/C21H27NO3/c1-21(2,3)17-10-8-16(9-11-17)20(23)22(14-18-6-4-12-24-18)15-19-7-5-13-25-19/h4,6,8-12,19H,5,7,13-15H2,1-3H3/t19-/m1/s1. The first-order valence-corrected chi connectivity index (χ1v) is 8.97. The Bertz CT molecular complexity index is 677. The van der Waals surface area contributed by atoms with Crippen LogP contribution in [0.4, 0.5) is 0 Å². The number of hydrogen-bond acceptors (Lipinski definition) is 3. The van der Waals surface area contributed by atoms with E-state index in [1.807, 2.05) is 41.3 Å². The molecular weight excluding hydrogens is 314 g/mol. The Labute approximate surface area is 149 Å². The molecule has 25 heavy (non-hydrogen) atoms. The smallest absolute Gasteiger partial charge is 0.254 e. The average molecular weight is 341 g/mol. The van der Waals surface area contributed by atoms with Gasteiger partial charge in [-0.15, -0.1) is 0 Å². The van der Waals surface area contributed by atoms with Crippen LogP contribution in [0.25, 0.3) is 0 Å². The van der Waals surface area contributed by atoms with Gasteiger partial charge in [0, 0.05) is 18.7 Å². The van der Waals surface area contributed by atoms with Crippen molar-refractivity contribution in [3.05, 3.63) is 59.5 Å². The monoisotopic (exact) mass is 341 g/mol. The highest BCUT2D eigenvalue weighted by atomic mass is 16.5. The van der Waals surface area contributed by atoms with Crippen LogP contribution in [0.3, 0.4) is 0 Å². The van der Waals surface area contributed by atoms with Gasteiger partial charge in [-0.1, -0.05) is 32.9 Å². The molecule has 1 aliphatic rings. The number of hydrogen-bond donors (Lipinski definition) is 0. The Morgan fingerprint density at radius 3 is 2.52 bits per heavy atom. The lowest BCUT2D eigenvalue weighted by Gasteiger charge is -2.25. The average Bonchev–Trinajstić information content (AvgIpc) is 3.27. The molecule has 1 amide bonds. The third-order valence-corrected chi connectivity index (χ3v) is 4.66. The van der Waals surface area contributed by atoms with Gasteiger partial charge in [0.15, 0.2) is 0 Å². The summed E-state index contributed by atoms with van der Waals surface area (Å²) < 4.78 is 11.2. The fraction of sp³-hybridized carbons (Fsp3) is 0.476. The Hall–Kier alpha value is -2.07. The van der Waals surface area contributed by atoms with Crippen LogP contribution >= 0.6 is 0 Å². The number of rotatable bonds is 5. The van der Waals surface area contributed by atoms with E-state index in [-0.39, 0.29) is 17.4 Å². The maximum absolute atomic E-state index is 13.0. The second-order valence-electron chi connectivity index (χ2n) is 7.73. The summed E-state index contributed by atoms with van der Waals surface area (Å²) in [5.74, 6) is 0.810. The van der Waals surface area contributed by atoms with E-state index in [9.17, 15) is 4.79 Å². The second kappa shape index (κ2) is 7.44. The van der Waals surface area contributed by atoms with E-state index in [0.29, 0.717) is 18.7 Å².